The largest absolute Gasteiger partial charge is 0.277 e. The van der Waals surface area contributed by atoms with Gasteiger partial charge in [-0.3, -0.25) is 19.7 Å². The molecule has 2 aromatic rings. The molecule has 150 valence electrons. The Bertz CT molecular complexity index is 1080. The normalized spacial score (nSPS) is 36.0. The number of nitrogens with zero attached hydrogens (tertiary/aromatic N) is 2. The van der Waals surface area contributed by atoms with Gasteiger partial charge < -0.3 is 0 Å². The third-order valence-electron chi connectivity index (χ3n) is 7.66. The van der Waals surface area contributed by atoms with E-state index in [2.05, 4.69) is 13.8 Å². The van der Waals surface area contributed by atoms with Crippen LogP contribution in [0.15, 0.2) is 36.4 Å². The predicted molar refractivity (Wildman–Crippen MR) is 109 cm³/mol. The molecule has 2 amide bonds. The van der Waals surface area contributed by atoms with E-state index < -0.39 is 4.92 Å². The highest BCUT2D eigenvalue weighted by molar-refractivity contribution is 6.25. The summed E-state index contributed by atoms with van der Waals surface area (Å²) < 4.78 is 0. The van der Waals surface area contributed by atoms with Gasteiger partial charge in [-0.15, -0.1) is 0 Å². The van der Waals surface area contributed by atoms with Gasteiger partial charge in [-0.1, -0.05) is 39.0 Å². The molecule has 3 fully saturated rings. The number of amides is 2. The number of benzene rings is 2. The summed E-state index contributed by atoms with van der Waals surface area (Å²) in [6.45, 7) is 6.27. The number of fused-ring (bicyclic) bond motifs is 1. The Morgan fingerprint density at radius 1 is 1.07 bits per heavy atom. The fraction of sp³-hybridized carbons (Fsp3) is 0.478. The molecule has 6 atom stereocenters. The molecule has 2 aromatic carbocycles. The molecule has 0 aromatic heterocycles. The van der Waals surface area contributed by atoms with Crippen LogP contribution >= 0.6 is 0 Å². The SMILES string of the molecule is C[C@@H]1C[C@@H]1C1CC1(C)[C@@H]1C(=O)N(c2ccc([N+](=O)[O-])c3ccccc23)C(=O)[C@@H]1C. The maximum Gasteiger partial charge on any atom is 0.277 e. The fourth-order valence-electron chi connectivity index (χ4n) is 5.84. The first-order chi connectivity index (χ1) is 13.8. The van der Waals surface area contributed by atoms with E-state index in [1.807, 2.05) is 6.92 Å². The van der Waals surface area contributed by atoms with Crippen molar-refractivity contribution in [3.63, 3.8) is 0 Å². The van der Waals surface area contributed by atoms with E-state index in [0.29, 0.717) is 28.3 Å². The molecule has 2 aliphatic carbocycles. The maximum atomic E-state index is 13.5. The monoisotopic (exact) mass is 392 g/mol. The summed E-state index contributed by atoms with van der Waals surface area (Å²) in [5.74, 6) is 0.885. The van der Waals surface area contributed by atoms with Crippen LogP contribution in [0.5, 0.6) is 0 Å². The van der Waals surface area contributed by atoms with Gasteiger partial charge in [-0.05, 0) is 48.1 Å². The van der Waals surface area contributed by atoms with E-state index in [4.69, 9.17) is 0 Å². The van der Waals surface area contributed by atoms with Crippen LogP contribution in [-0.2, 0) is 9.59 Å². The molecule has 0 radical (unpaired) electrons. The standard InChI is InChI=1S/C23H24N2O4/c1-12-10-16(12)17-11-23(17,3)20-13(2)21(26)24(22(20)27)18-8-9-19(25(28)29)15-7-5-4-6-14(15)18/h4-9,12-13,16-17,20H,10-11H2,1-3H3/t12-,13-,16+,17?,20+,23?/m1/s1. The first-order valence-electron chi connectivity index (χ1n) is 10.3. The van der Waals surface area contributed by atoms with Gasteiger partial charge in [0.05, 0.1) is 21.9 Å². The van der Waals surface area contributed by atoms with Gasteiger partial charge in [0.2, 0.25) is 11.8 Å². The average molecular weight is 392 g/mol. The third kappa shape index (κ3) is 2.47. The molecule has 0 bridgehead atoms. The number of rotatable bonds is 4. The van der Waals surface area contributed by atoms with Gasteiger partial charge in [0.15, 0.2) is 0 Å². The Morgan fingerprint density at radius 3 is 2.34 bits per heavy atom. The van der Waals surface area contributed by atoms with Crippen LogP contribution in [0.25, 0.3) is 10.8 Å². The van der Waals surface area contributed by atoms with E-state index >= 15 is 0 Å². The summed E-state index contributed by atoms with van der Waals surface area (Å²) in [6.07, 6.45) is 2.23. The van der Waals surface area contributed by atoms with Crippen molar-refractivity contribution < 1.29 is 14.5 Å². The van der Waals surface area contributed by atoms with Gasteiger partial charge in [0.25, 0.3) is 5.69 Å². The molecule has 1 saturated heterocycles. The van der Waals surface area contributed by atoms with Crippen molar-refractivity contribution in [2.45, 2.75) is 33.6 Å². The molecule has 3 aliphatic rings. The number of carbonyl (C=O) groups excluding carboxylic acids is 2. The quantitative estimate of drug-likeness (QED) is 0.434. The molecule has 2 unspecified atom stereocenters. The van der Waals surface area contributed by atoms with Crippen molar-refractivity contribution in [3.05, 3.63) is 46.5 Å². The predicted octanol–water partition coefficient (Wildman–Crippen LogP) is 4.56. The number of non-ortho nitro benzene ring substituents is 1. The molecule has 6 heteroatoms. The van der Waals surface area contributed by atoms with E-state index in [9.17, 15) is 19.7 Å². The van der Waals surface area contributed by atoms with E-state index in [1.54, 1.807) is 30.3 Å². The fourth-order valence-corrected chi connectivity index (χ4v) is 5.84. The highest BCUT2D eigenvalue weighted by Gasteiger charge is 2.68. The molecule has 1 heterocycles. The lowest BCUT2D eigenvalue weighted by Crippen LogP contribution is -2.33. The minimum Gasteiger partial charge on any atom is -0.274 e. The molecule has 0 spiro atoms. The second-order valence-corrected chi connectivity index (χ2v) is 9.38. The molecular formula is C23H24N2O4. The minimum atomic E-state index is -0.433. The van der Waals surface area contributed by atoms with Gasteiger partial charge in [-0.2, -0.15) is 0 Å². The molecule has 29 heavy (non-hydrogen) atoms. The summed E-state index contributed by atoms with van der Waals surface area (Å²) in [4.78, 5) is 39.0. The lowest BCUT2D eigenvalue weighted by atomic mass is 9.80. The lowest BCUT2D eigenvalue weighted by molar-refractivity contribution is -0.383. The summed E-state index contributed by atoms with van der Waals surface area (Å²) in [5.41, 5.74) is 0.313. The number of nitro groups is 1. The number of anilines is 1. The van der Waals surface area contributed by atoms with Gasteiger partial charge in [0, 0.05) is 17.4 Å². The van der Waals surface area contributed by atoms with Crippen molar-refractivity contribution in [2.75, 3.05) is 4.90 Å². The van der Waals surface area contributed by atoms with Crippen molar-refractivity contribution in [3.8, 4) is 0 Å². The lowest BCUT2D eigenvalue weighted by Gasteiger charge is -2.22. The smallest absolute Gasteiger partial charge is 0.274 e. The van der Waals surface area contributed by atoms with Gasteiger partial charge in [0.1, 0.15) is 0 Å². The van der Waals surface area contributed by atoms with Crippen molar-refractivity contribution in [2.24, 2.45) is 35.0 Å². The van der Waals surface area contributed by atoms with E-state index in [1.165, 1.54) is 17.4 Å². The maximum absolute atomic E-state index is 13.5. The number of hydrogen-bond acceptors (Lipinski definition) is 4. The number of hydrogen-bond donors (Lipinski definition) is 0. The molecule has 5 rings (SSSR count). The third-order valence-corrected chi connectivity index (χ3v) is 7.66. The first kappa shape index (κ1) is 18.3. The highest BCUT2D eigenvalue weighted by atomic mass is 16.6. The van der Waals surface area contributed by atoms with Crippen LogP contribution in [0.2, 0.25) is 0 Å². The van der Waals surface area contributed by atoms with Crippen molar-refractivity contribution in [1.82, 2.24) is 0 Å². The highest BCUT2D eigenvalue weighted by Crippen LogP contribution is 2.70. The first-order valence-corrected chi connectivity index (χ1v) is 10.3. The van der Waals surface area contributed by atoms with Crippen LogP contribution in [0.4, 0.5) is 11.4 Å². The van der Waals surface area contributed by atoms with Gasteiger partial charge >= 0.3 is 0 Å². The minimum absolute atomic E-state index is 0.0232. The molecule has 1 aliphatic heterocycles. The van der Waals surface area contributed by atoms with E-state index in [0.717, 1.165) is 12.3 Å². The zero-order valence-corrected chi connectivity index (χ0v) is 16.8. The summed E-state index contributed by atoms with van der Waals surface area (Å²) in [6, 6.07) is 9.84. The second-order valence-electron chi connectivity index (χ2n) is 9.38. The van der Waals surface area contributed by atoms with Crippen LogP contribution < -0.4 is 4.90 Å². The zero-order valence-electron chi connectivity index (χ0n) is 16.8. The Labute approximate surface area is 169 Å². The average Bonchev–Trinajstić information content (AvgIpc) is 3.56. The Balaban J connectivity index is 1.56. The van der Waals surface area contributed by atoms with Crippen LogP contribution in [0.1, 0.15) is 33.6 Å². The summed E-state index contributed by atoms with van der Waals surface area (Å²) >= 11 is 0. The van der Waals surface area contributed by atoms with Crippen molar-refractivity contribution in [1.29, 1.82) is 0 Å². The summed E-state index contributed by atoms with van der Waals surface area (Å²) in [7, 11) is 0. The van der Waals surface area contributed by atoms with E-state index in [-0.39, 0.29) is 34.8 Å². The topological polar surface area (TPSA) is 80.5 Å². The molecule has 6 nitrogen and oxygen atoms in total. The van der Waals surface area contributed by atoms with Crippen LogP contribution in [0.3, 0.4) is 0 Å². The Hall–Kier alpha value is -2.76. The van der Waals surface area contributed by atoms with Crippen molar-refractivity contribution >= 4 is 34.0 Å². The Morgan fingerprint density at radius 2 is 1.72 bits per heavy atom. The molecular weight excluding hydrogens is 368 g/mol. The second kappa shape index (κ2) is 5.88. The van der Waals surface area contributed by atoms with Gasteiger partial charge in [-0.25, -0.2) is 4.90 Å². The number of imide groups is 1. The number of nitro benzene ring substituents is 1. The summed E-state index contributed by atoms with van der Waals surface area (Å²) in [5, 5.41) is 12.4. The Kier molecular flexibility index (Phi) is 3.70. The van der Waals surface area contributed by atoms with Crippen LogP contribution in [0, 0.1) is 45.1 Å². The molecule has 0 N–H and O–H groups in total. The number of carbonyl (C=O) groups is 2. The molecule has 2 saturated carbocycles. The van der Waals surface area contributed by atoms with Crippen LogP contribution in [-0.4, -0.2) is 16.7 Å². The zero-order chi connectivity index (χ0) is 20.7.